The summed E-state index contributed by atoms with van der Waals surface area (Å²) >= 11 is 17.8. The number of hydrogen-bond donors (Lipinski definition) is 2. The van der Waals surface area contributed by atoms with Crippen LogP contribution in [0, 0.1) is 0 Å². The van der Waals surface area contributed by atoms with Gasteiger partial charge in [0.1, 0.15) is 5.82 Å². The van der Waals surface area contributed by atoms with Gasteiger partial charge in [-0.3, -0.25) is 4.98 Å². The van der Waals surface area contributed by atoms with E-state index in [1.165, 1.54) is 0 Å². The fraction of sp³-hybridized carbons (Fsp3) is 0.0909. The minimum Gasteiger partial charge on any atom is -0.372 e. The number of halogens is 3. The lowest BCUT2D eigenvalue weighted by Gasteiger charge is -2.09. The molecule has 18 heavy (non-hydrogen) atoms. The van der Waals surface area contributed by atoms with E-state index in [4.69, 9.17) is 34.8 Å². The first-order valence-corrected chi connectivity index (χ1v) is 6.15. The predicted molar refractivity (Wildman–Crippen MR) is 76.3 cm³/mol. The number of hydrogen-bond acceptors (Lipinski definition) is 4. The average molecular weight is 304 g/mol. The average Bonchev–Trinajstić information content (AvgIpc) is 2.36. The van der Waals surface area contributed by atoms with E-state index >= 15 is 0 Å². The van der Waals surface area contributed by atoms with Gasteiger partial charge in [0.05, 0.1) is 33.1 Å². The Labute approximate surface area is 119 Å². The van der Waals surface area contributed by atoms with Crippen LogP contribution in [0.25, 0.3) is 0 Å². The Hall–Kier alpha value is -1.23. The van der Waals surface area contributed by atoms with Gasteiger partial charge in [0.15, 0.2) is 5.82 Å². The minimum atomic E-state index is 0.405. The molecule has 0 saturated carbocycles. The standard InChI is InChI=1S/C11H9Cl3N4/c1-15-10-4-16-5-11(18-10)17-9-3-7(13)6(12)2-8(9)14/h2-5H,1H3,(H2,15,17,18). The van der Waals surface area contributed by atoms with Gasteiger partial charge in [0, 0.05) is 7.05 Å². The number of benzene rings is 1. The van der Waals surface area contributed by atoms with E-state index in [9.17, 15) is 0 Å². The molecular formula is C11H9Cl3N4. The molecule has 1 heterocycles. The number of rotatable bonds is 3. The maximum atomic E-state index is 6.06. The van der Waals surface area contributed by atoms with Crippen LogP contribution >= 0.6 is 34.8 Å². The Balaban J connectivity index is 2.30. The zero-order valence-electron chi connectivity index (χ0n) is 9.34. The fourth-order valence-corrected chi connectivity index (χ4v) is 1.90. The van der Waals surface area contributed by atoms with Crippen LogP contribution in [-0.2, 0) is 0 Å². The van der Waals surface area contributed by atoms with Gasteiger partial charge in [-0.25, -0.2) is 4.98 Å². The Morgan fingerprint density at radius 1 is 0.944 bits per heavy atom. The topological polar surface area (TPSA) is 49.8 Å². The molecule has 0 aliphatic rings. The number of anilines is 3. The van der Waals surface area contributed by atoms with E-state index in [2.05, 4.69) is 20.6 Å². The Morgan fingerprint density at radius 3 is 2.33 bits per heavy atom. The van der Waals surface area contributed by atoms with Gasteiger partial charge in [-0.1, -0.05) is 34.8 Å². The summed E-state index contributed by atoms with van der Waals surface area (Å²) in [6.07, 6.45) is 3.20. The summed E-state index contributed by atoms with van der Waals surface area (Å²) in [5.74, 6) is 1.21. The molecule has 0 atom stereocenters. The molecule has 2 aromatic rings. The van der Waals surface area contributed by atoms with Crippen molar-refractivity contribution in [1.82, 2.24) is 9.97 Å². The van der Waals surface area contributed by atoms with Gasteiger partial charge in [0.25, 0.3) is 0 Å². The van der Waals surface area contributed by atoms with Crippen molar-refractivity contribution in [1.29, 1.82) is 0 Å². The van der Waals surface area contributed by atoms with Crippen LogP contribution in [0.5, 0.6) is 0 Å². The highest BCUT2D eigenvalue weighted by atomic mass is 35.5. The second kappa shape index (κ2) is 5.61. The molecule has 0 radical (unpaired) electrons. The lowest BCUT2D eigenvalue weighted by molar-refractivity contribution is 1.18. The van der Waals surface area contributed by atoms with Crippen LogP contribution in [0.1, 0.15) is 0 Å². The van der Waals surface area contributed by atoms with Crippen LogP contribution < -0.4 is 10.6 Å². The quantitative estimate of drug-likeness (QED) is 0.833. The molecule has 0 bridgehead atoms. The van der Waals surface area contributed by atoms with E-state index in [0.717, 1.165) is 0 Å². The first-order chi connectivity index (χ1) is 8.60. The molecule has 0 aliphatic heterocycles. The maximum absolute atomic E-state index is 6.06. The molecule has 0 amide bonds. The zero-order valence-corrected chi connectivity index (χ0v) is 11.6. The molecule has 0 spiro atoms. The van der Waals surface area contributed by atoms with Gasteiger partial charge < -0.3 is 10.6 Å². The van der Waals surface area contributed by atoms with Gasteiger partial charge in [0.2, 0.25) is 0 Å². The van der Waals surface area contributed by atoms with Gasteiger partial charge in [-0.15, -0.1) is 0 Å². The van der Waals surface area contributed by atoms with E-state index in [0.29, 0.717) is 32.4 Å². The molecule has 94 valence electrons. The van der Waals surface area contributed by atoms with E-state index in [1.807, 2.05) is 0 Å². The molecule has 7 heteroatoms. The molecule has 0 aliphatic carbocycles. The minimum absolute atomic E-state index is 0.405. The summed E-state index contributed by atoms with van der Waals surface area (Å²) in [6, 6.07) is 3.21. The van der Waals surface area contributed by atoms with E-state index in [1.54, 1.807) is 31.6 Å². The first kappa shape index (κ1) is 13.2. The summed E-state index contributed by atoms with van der Waals surface area (Å²) in [5.41, 5.74) is 0.619. The molecule has 2 rings (SSSR count). The van der Waals surface area contributed by atoms with Gasteiger partial charge in [-0.05, 0) is 12.1 Å². The van der Waals surface area contributed by atoms with Crippen molar-refractivity contribution in [2.75, 3.05) is 17.7 Å². The monoisotopic (exact) mass is 302 g/mol. The summed E-state index contributed by atoms with van der Waals surface area (Å²) in [7, 11) is 1.76. The Bertz CT molecular complexity index is 574. The molecule has 1 aromatic heterocycles. The zero-order chi connectivity index (χ0) is 13.1. The molecule has 0 saturated heterocycles. The second-order valence-electron chi connectivity index (χ2n) is 3.41. The number of nitrogens with one attached hydrogen (secondary N) is 2. The molecule has 0 fully saturated rings. The van der Waals surface area contributed by atoms with E-state index < -0.39 is 0 Å². The van der Waals surface area contributed by atoms with Crippen LogP contribution in [0.15, 0.2) is 24.5 Å². The van der Waals surface area contributed by atoms with Gasteiger partial charge >= 0.3 is 0 Å². The van der Waals surface area contributed by atoms with E-state index in [-0.39, 0.29) is 0 Å². The Kier molecular flexibility index (Phi) is 4.11. The van der Waals surface area contributed by atoms with Crippen molar-refractivity contribution in [3.05, 3.63) is 39.6 Å². The molecule has 1 aromatic carbocycles. The molecule has 2 N–H and O–H groups in total. The third-order valence-corrected chi connectivity index (χ3v) is 3.20. The highest BCUT2D eigenvalue weighted by Gasteiger charge is 2.07. The maximum Gasteiger partial charge on any atom is 0.151 e. The van der Waals surface area contributed by atoms with Crippen molar-refractivity contribution in [2.24, 2.45) is 0 Å². The SMILES string of the molecule is CNc1cncc(Nc2cc(Cl)c(Cl)cc2Cl)n1. The highest BCUT2D eigenvalue weighted by molar-refractivity contribution is 6.44. The smallest absolute Gasteiger partial charge is 0.151 e. The summed E-state index contributed by atoms with van der Waals surface area (Å²) in [4.78, 5) is 8.29. The summed E-state index contributed by atoms with van der Waals surface area (Å²) < 4.78 is 0. The van der Waals surface area contributed by atoms with Crippen molar-refractivity contribution < 1.29 is 0 Å². The molecular weight excluding hydrogens is 295 g/mol. The predicted octanol–water partition coefficient (Wildman–Crippen LogP) is 4.22. The second-order valence-corrected chi connectivity index (χ2v) is 4.63. The number of aromatic nitrogens is 2. The van der Waals surface area contributed by atoms with Gasteiger partial charge in [-0.2, -0.15) is 0 Å². The molecule has 4 nitrogen and oxygen atoms in total. The van der Waals surface area contributed by atoms with Crippen LogP contribution in [0.2, 0.25) is 15.1 Å². The van der Waals surface area contributed by atoms with Crippen molar-refractivity contribution in [2.45, 2.75) is 0 Å². The third kappa shape index (κ3) is 2.96. The van der Waals surface area contributed by atoms with Crippen molar-refractivity contribution in [3.63, 3.8) is 0 Å². The first-order valence-electron chi connectivity index (χ1n) is 5.01. The lowest BCUT2D eigenvalue weighted by Crippen LogP contribution is -1.99. The summed E-state index contributed by atoms with van der Waals surface area (Å²) in [5, 5.41) is 7.20. The van der Waals surface area contributed by atoms with Crippen molar-refractivity contribution >= 4 is 52.1 Å². The van der Waals surface area contributed by atoms with Crippen molar-refractivity contribution in [3.8, 4) is 0 Å². The molecule has 0 unspecified atom stereocenters. The van der Waals surface area contributed by atoms with Crippen LogP contribution in [0.4, 0.5) is 17.3 Å². The third-order valence-electron chi connectivity index (χ3n) is 2.16. The lowest BCUT2D eigenvalue weighted by atomic mass is 10.3. The Morgan fingerprint density at radius 2 is 1.61 bits per heavy atom. The largest absolute Gasteiger partial charge is 0.372 e. The number of nitrogens with zero attached hydrogens (tertiary/aromatic N) is 2. The fourth-order valence-electron chi connectivity index (χ4n) is 1.30. The van der Waals surface area contributed by atoms with Crippen LogP contribution in [-0.4, -0.2) is 17.0 Å². The normalized spacial score (nSPS) is 10.2. The summed E-state index contributed by atoms with van der Waals surface area (Å²) in [6.45, 7) is 0. The van der Waals surface area contributed by atoms with Crippen LogP contribution in [0.3, 0.4) is 0 Å². The highest BCUT2D eigenvalue weighted by Crippen LogP contribution is 2.33.